The van der Waals surface area contributed by atoms with Gasteiger partial charge in [-0.15, -0.1) is 11.3 Å². The van der Waals surface area contributed by atoms with Gasteiger partial charge in [0.15, 0.2) is 0 Å². The van der Waals surface area contributed by atoms with Crippen LogP contribution < -0.4 is 5.73 Å². The van der Waals surface area contributed by atoms with Crippen molar-refractivity contribution in [2.24, 2.45) is 5.73 Å². The summed E-state index contributed by atoms with van der Waals surface area (Å²) in [6, 6.07) is 3.53. The minimum absolute atomic E-state index is 0.105. The molecule has 0 saturated carbocycles. The highest BCUT2D eigenvalue weighted by atomic mass is 79.9. The van der Waals surface area contributed by atoms with Crippen LogP contribution in [0.3, 0.4) is 0 Å². The summed E-state index contributed by atoms with van der Waals surface area (Å²) in [5.41, 5.74) is 7.14. The molecule has 17 heavy (non-hydrogen) atoms. The summed E-state index contributed by atoms with van der Waals surface area (Å²) in [6.07, 6.45) is 0. The molecule has 90 valence electrons. The number of thiophene rings is 1. The Kier molecular flexibility index (Phi) is 3.61. The number of rotatable bonds is 2. The van der Waals surface area contributed by atoms with Crippen molar-refractivity contribution in [2.45, 2.75) is 13.0 Å². The summed E-state index contributed by atoms with van der Waals surface area (Å²) in [7, 11) is 0. The largest absolute Gasteiger partial charge is 0.320 e. The average molecular weight is 318 g/mol. The number of halogens is 3. The lowest BCUT2D eigenvalue weighted by molar-refractivity contribution is 0.573. The fourth-order valence-corrected chi connectivity index (χ4v) is 2.88. The van der Waals surface area contributed by atoms with E-state index in [0.717, 1.165) is 22.6 Å². The molecule has 0 aliphatic rings. The van der Waals surface area contributed by atoms with E-state index < -0.39 is 17.7 Å². The Morgan fingerprint density at radius 3 is 2.59 bits per heavy atom. The Labute approximate surface area is 110 Å². The standard InChI is InChI=1S/C12H10BrF2NS/c1-6-2-3-17-12(6)11(16)7-4-10(15)8(13)5-9(7)14/h2-5,11H,16H2,1H3. The topological polar surface area (TPSA) is 26.0 Å². The number of benzene rings is 1. The molecule has 0 aliphatic carbocycles. The maximum Gasteiger partial charge on any atom is 0.137 e. The van der Waals surface area contributed by atoms with E-state index in [2.05, 4.69) is 15.9 Å². The van der Waals surface area contributed by atoms with Gasteiger partial charge in [-0.2, -0.15) is 0 Å². The highest BCUT2D eigenvalue weighted by Gasteiger charge is 2.18. The highest BCUT2D eigenvalue weighted by molar-refractivity contribution is 9.10. The summed E-state index contributed by atoms with van der Waals surface area (Å²) >= 11 is 4.38. The molecule has 0 amide bonds. The molecule has 0 saturated heterocycles. The molecule has 1 nitrogen and oxygen atoms in total. The van der Waals surface area contributed by atoms with Gasteiger partial charge in [-0.25, -0.2) is 8.78 Å². The molecule has 1 heterocycles. The number of nitrogens with two attached hydrogens (primary N) is 1. The van der Waals surface area contributed by atoms with Gasteiger partial charge in [-0.1, -0.05) is 0 Å². The molecule has 2 rings (SSSR count). The van der Waals surface area contributed by atoms with Crippen molar-refractivity contribution < 1.29 is 8.78 Å². The van der Waals surface area contributed by atoms with Crippen LogP contribution in [0.2, 0.25) is 0 Å². The Morgan fingerprint density at radius 1 is 1.29 bits per heavy atom. The van der Waals surface area contributed by atoms with Gasteiger partial charge in [-0.05, 0) is 52.0 Å². The molecule has 0 aliphatic heterocycles. The lowest BCUT2D eigenvalue weighted by atomic mass is 10.0. The van der Waals surface area contributed by atoms with Crippen LogP contribution in [0.15, 0.2) is 28.1 Å². The summed E-state index contributed by atoms with van der Waals surface area (Å²) in [6.45, 7) is 1.90. The first-order chi connectivity index (χ1) is 8.00. The van der Waals surface area contributed by atoms with Crippen molar-refractivity contribution in [1.82, 2.24) is 0 Å². The third kappa shape index (κ3) is 2.41. The van der Waals surface area contributed by atoms with E-state index in [1.54, 1.807) is 0 Å². The fourth-order valence-electron chi connectivity index (χ4n) is 1.62. The first-order valence-corrected chi connectivity index (χ1v) is 6.62. The predicted molar refractivity (Wildman–Crippen MR) is 69.1 cm³/mol. The van der Waals surface area contributed by atoms with Gasteiger partial charge in [0, 0.05) is 10.4 Å². The first kappa shape index (κ1) is 12.7. The molecule has 5 heteroatoms. The SMILES string of the molecule is Cc1ccsc1C(N)c1cc(F)c(Br)cc1F. The summed E-state index contributed by atoms with van der Waals surface area (Å²) in [5, 5.41) is 1.89. The van der Waals surface area contributed by atoms with Crippen LogP contribution in [0.1, 0.15) is 22.0 Å². The van der Waals surface area contributed by atoms with E-state index in [0.29, 0.717) is 0 Å². The molecular weight excluding hydrogens is 308 g/mol. The van der Waals surface area contributed by atoms with Crippen LogP contribution in [0, 0.1) is 18.6 Å². The molecule has 0 bridgehead atoms. The van der Waals surface area contributed by atoms with Crippen LogP contribution in [0.25, 0.3) is 0 Å². The Balaban J connectivity index is 2.48. The van der Waals surface area contributed by atoms with E-state index >= 15 is 0 Å². The minimum atomic E-state index is -0.627. The zero-order valence-corrected chi connectivity index (χ0v) is 11.4. The number of aryl methyl sites for hydroxylation is 1. The molecule has 1 aromatic carbocycles. The van der Waals surface area contributed by atoms with Gasteiger partial charge in [-0.3, -0.25) is 0 Å². The normalized spacial score (nSPS) is 12.8. The van der Waals surface area contributed by atoms with Gasteiger partial charge in [0.05, 0.1) is 10.5 Å². The molecule has 1 aromatic heterocycles. The first-order valence-electron chi connectivity index (χ1n) is 4.94. The molecule has 2 N–H and O–H groups in total. The maximum atomic E-state index is 13.7. The Hall–Kier alpha value is -0.780. The van der Waals surface area contributed by atoms with Crippen molar-refractivity contribution in [1.29, 1.82) is 0 Å². The second kappa shape index (κ2) is 4.84. The van der Waals surface area contributed by atoms with E-state index in [1.165, 1.54) is 11.3 Å². The molecule has 2 aromatic rings. The van der Waals surface area contributed by atoms with Crippen molar-refractivity contribution in [3.05, 3.63) is 55.7 Å². The summed E-state index contributed by atoms with van der Waals surface area (Å²) < 4.78 is 27.2. The minimum Gasteiger partial charge on any atom is -0.320 e. The van der Waals surface area contributed by atoms with Gasteiger partial charge in [0.1, 0.15) is 11.6 Å². The van der Waals surface area contributed by atoms with E-state index in [1.807, 2.05) is 18.4 Å². The van der Waals surface area contributed by atoms with Crippen LogP contribution in [-0.4, -0.2) is 0 Å². The third-order valence-electron chi connectivity index (χ3n) is 2.56. The molecule has 0 fully saturated rings. The zero-order valence-electron chi connectivity index (χ0n) is 9.01. The zero-order chi connectivity index (χ0) is 12.6. The van der Waals surface area contributed by atoms with Crippen molar-refractivity contribution in [3.8, 4) is 0 Å². The highest BCUT2D eigenvalue weighted by Crippen LogP contribution is 2.31. The van der Waals surface area contributed by atoms with E-state index in [-0.39, 0.29) is 10.0 Å². The molecule has 0 radical (unpaired) electrons. The lowest BCUT2D eigenvalue weighted by Crippen LogP contribution is -2.13. The van der Waals surface area contributed by atoms with Crippen LogP contribution in [-0.2, 0) is 0 Å². The van der Waals surface area contributed by atoms with Crippen molar-refractivity contribution >= 4 is 27.3 Å². The van der Waals surface area contributed by atoms with Crippen molar-refractivity contribution in [3.63, 3.8) is 0 Å². The third-order valence-corrected chi connectivity index (χ3v) is 4.27. The second-order valence-corrected chi connectivity index (χ2v) is 5.54. The quantitative estimate of drug-likeness (QED) is 0.827. The fraction of sp³-hybridized carbons (Fsp3) is 0.167. The maximum absolute atomic E-state index is 13.7. The van der Waals surface area contributed by atoms with Gasteiger partial charge < -0.3 is 5.73 Å². The molecule has 1 unspecified atom stereocenters. The second-order valence-electron chi connectivity index (χ2n) is 3.73. The Bertz CT molecular complexity index is 553. The lowest BCUT2D eigenvalue weighted by Gasteiger charge is -2.13. The van der Waals surface area contributed by atoms with Gasteiger partial charge in [0.2, 0.25) is 0 Å². The smallest absolute Gasteiger partial charge is 0.137 e. The van der Waals surface area contributed by atoms with Crippen LogP contribution in [0.5, 0.6) is 0 Å². The molecule has 1 atom stereocenters. The van der Waals surface area contributed by atoms with Gasteiger partial charge in [0.25, 0.3) is 0 Å². The summed E-state index contributed by atoms with van der Waals surface area (Å²) in [4.78, 5) is 0.852. The summed E-state index contributed by atoms with van der Waals surface area (Å²) in [5.74, 6) is -1.01. The number of hydrogen-bond acceptors (Lipinski definition) is 2. The molecular formula is C12H10BrF2NS. The van der Waals surface area contributed by atoms with Crippen LogP contribution >= 0.6 is 27.3 Å². The van der Waals surface area contributed by atoms with E-state index in [4.69, 9.17) is 5.73 Å². The monoisotopic (exact) mass is 317 g/mol. The van der Waals surface area contributed by atoms with Crippen molar-refractivity contribution in [2.75, 3.05) is 0 Å². The number of hydrogen-bond donors (Lipinski definition) is 1. The molecule has 0 spiro atoms. The average Bonchev–Trinajstić information content (AvgIpc) is 2.69. The van der Waals surface area contributed by atoms with Gasteiger partial charge >= 0.3 is 0 Å². The Morgan fingerprint density at radius 2 is 2.00 bits per heavy atom. The predicted octanol–water partition coefficient (Wildman–Crippen LogP) is 4.15. The van der Waals surface area contributed by atoms with E-state index in [9.17, 15) is 8.78 Å². The van der Waals surface area contributed by atoms with Crippen LogP contribution in [0.4, 0.5) is 8.78 Å².